The van der Waals surface area contributed by atoms with Gasteiger partial charge in [0.05, 0.1) is 15.5 Å². The Morgan fingerprint density at radius 3 is 2.74 bits per heavy atom. The van der Waals surface area contributed by atoms with Crippen molar-refractivity contribution in [2.24, 2.45) is 0 Å². The van der Waals surface area contributed by atoms with Gasteiger partial charge in [-0.25, -0.2) is 4.79 Å². The summed E-state index contributed by atoms with van der Waals surface area (Å²) in [4.78, 5) is 22.9. The number of hydrogen-bond donors (Lipinski definition) is 3. The Bertz CT molecular complexity index is 872. The van der Waals surface area contributed by atoms with Crippen LogP contribution in [0, 0.1) is 5.41 Å². The monoisotopic (exact) mass is 348 g/mol. The lowest BCUT2D eigenvalue weighted by Gasteiger charge is -2.01. The molecule has 8 heteroatoms. The second kappa shape index (κ2) is 5.94. The molecule has 1 fully saturated rings. The molecule has 0 aliphatic carbocycles. The number of halogens is 1. The minimum absolute atomic E-state index is 0.0156. The molecule has 1 aliphatic rings. The third-order valence-electron chi connectivity index (χ3n) is 3.05. The van der Waals surface area contributed by atoms with Gasteiger partial charge < -0.3 is 14.8 Å². The van der Waals surface area contributed by atoms with E-state index >= 15 is 0 Å². The number of carbonyl (C=O) groups excluding carboxylic acids is 1. The van der Waals surface area contributed by atoms with E-state index in [2.05, 4.69) is 5.32 Å². The van der Waals surface area contributed by atoms with Crippen molar-refractivity contribution in [3.8, 4) is 11.3 Å². The summed E-state index contributed by atoms with van der Waals surface area (Å²) in [5.74, 6) is -0.495. The quantitative estimate of drug-likeness (QED) is 0.737. The topological polar surface area (TPSA) is 103 Å². The van der Waals surface area contributed by atoms with Crippen LogP contribution < -0.4 is 5.32 Å². The molecule has 0 atom stereocenters. The smallest absolute Gasteiger partial charge is 0.337 e. The molecule has 0 bridgehead atoms. The first-order valence-electron chi connectivity index (χ1n) is 6.36. The second-order valence-electron chi connectivity index (χ2n) is 4.60. The van der Waals surface area contributed by atoms with Crippen LogP contribution in [0.3, 0.4) is 0 Å². The third-order valence-corrected chi connectivity index (χ3v) is 4.19. The number of thioether (sulfide) groups is 1. The molecule has 116 valence electrons. The number of aromatic carboxylic acids is 1. The first-order chi connectivity index (χ1) is 10.9. The number of carboxylic acid groups (broad SMARTS) is 1. The molecular formula is C15H9ClN2O4S. The van der Waals surface area contributed by atoms with Crippen LogP contribution in [0.4, 0.5) is 0 Å². The number of carbonyl (C=O) groups is 2. The lowest BCUT2D eigenvalue weighted by atomic mass is 10.1. The van der Waals surface area contributed by atoms with E-state index in [1.165, 1.54) is 18.2 Å². The van der Waals surface area contributed by atoms with E-state index in [1.807, 2.05) is 0 Å². The molecule has 1 amide bonds. The van der Waals surface area contributed by atoms with E-state index in [0.717, 1.165) is 11.8 Å². The summed E-state index contributed by atoms with van der Waals surface area (Å²) in [7, 11) is 0. The maximum absolute atomic E-state index is 11.6. The van der Waals surface area contributed by atoms with Crippen LogP contribution in [0.5, 0.6) is 0 Å². The van der Waals surface area contributed by atoms with E-state index in [-0.39, 0.29) is 21.7 Å². The summed E-state index contributed by atoms with van der Waals surface area (Å²) in [6, 6.07) is 7.88. The van der Waals surface area contributed by atoms with Gasteiger partial charge >= 0.3 is 5.97 Å². The Morgan fingerprint density at radius 1 is 1.35 bits per heavy atom. The molecule has 0 saturated carbocycles. The second-order valence-corrected chi connectivity index (χ2v) is 6.06. The molecule has 2 aromatic rings. The van der Waals surface area contributed by atoms with Crippen LogP contribution >= 0.6 is 23.4 Å². The molecule has 0 unspecified atom stereocenters. The number of amidine groups is 1. The lowest BCUT2D eigenvalue weighted by Crippen LogP contribution is -2.18. The van der Waals surface area contributed by atoms with Crippen LogP contribution in [0.25, 0.3) is 17.4 Å². The highest BCUT2D eigenvalue weighted by atomic mass is 35.5. The molecule has 1 aliphatic heterocycles. The molecule has 1 aromatic carbocycles. The fourth-order valence-electron chi connectivity index (χ4n) is 2.00. The first kappa shape index (κ1) is 15.4. The molecule has 0 spiro atoms. The fourth-order valence-corrected chi connectivity index (χ4v) is 2.94. The van der Waals surface area contributed by atoms with Gasteiger partial charge in [0.25, 0.3) is 5.91 Å². The number of rotatable bonds is 3. The largest absolute Gasteiger partial charge is 0.478 e. The maximum atomic E-state index is 11.6. The van der Waals surface area contributed by atoms with E-state index in [4.69, 9.17) is 26.5 Å². The number of hydrogen-bond acceptors (Lipinski definition) is 5. The third kappa shape index (κ3) is 3.15. The molecule has 6 nitrogen and oxygen atoms in total. The molecular weight excluding hydrogens is 340 g/mol. The summed E-state index contributed by atoms with van der Waals surface area (Å²) < 4.78 is 5.62. The van der Waals surface area contributed by atoms with Crippen molar-refractivity contribution in [3.05, 3.63) is 51.6 Å². The van der Waals surface area contributed by atoms with E-state index in [0.29, 0.717) is 22.0 Å². The number of nitrogens with one attached hydrogen (secondary N) is 2. The van der Waals surface area contributed by atoms with Crippen molar-refractivity contribution in [1.29, 1.82) is 5.41 Å². The van der Waals surface area contributed by atoms with Crippen molar-refractivity contribution in [2.45, 2.75) is 0 Å². The van der Waals surface area contributed by atoms with E-state index < -0.39 is 5.97 Å². The summed E-state index contributed by atoms with van der Waals surface area (Å²) in [6.45, 7) is 0. The van der Waals surface area contributed by atoms with Gasteiger partial charge in [0.1, 0.15) is 11.5 Å². The van der Waals surface area contributed by atoms with E-state index in [1.54, 1.807) is 18.2 Å². The zero-order chi connectivity index (χ0) is 16.6. The SMILES string of the molecule is N=C1NC(=O)/C(=C\c2ccc(-c3ccc(C(=O)O)c(Cl)c3)o2)S1. The fraction of sp³-hybridized carbons (Fsp3) is 0. The maximum Gasteiger partial charge on any atom is 0.337 e. The van der Waals surface area contributed by atoms with Crippen molar-refractivity contribution < 1.29 is 19.1 Å². The number of furan rings is 1. The number of amides is 1. The van der Waals surface area contributed by atoms with Gasteiger partial charge in [0, 0.05) is 11.6 Å². The standard InChI is InChI=1S/C15H9ClN2O4S/c16-10-5-7(1-3-9(10)14(20)21)11-4-2-8(22-11)6-12-13(19)18-15(17)23-12/h1-6H,(H,20,21)(H2,17,18,19)/b12-6+. The predicted molar refractivity (Wildman–Crippen MR) is 87.6 cm³/mol. The van der Waals surface area contributed by atoms with Gasteiger partial charge in [-0.2, -0.15) is 0 Å². The van der Waals surface area contributed by atoms with Gasteiger partial charge in [-0.05, 0) is 36.0 Å². The van der Waals surface area contributed by atoms with Crippen LogP contribution in [0.2, 0.25) is 5.02 Å². The van der Waals surface area contributed by atoms with E-state index in [9.17, 15) is 9.59 Å². The normalized spacial score (nSPS) is 16.0. The Balaban J connectivity index is 1.89. The van der Waals surface area contributed by atoms with Crippen LogP contribution in [0.1, 0.15) is 16.1 Å². The summed E-state index contributed by atoms with van der Waals surface area (Å²) >= 11 is 6.96. The van der Waals surface area contributed by atoms with Gasteiger partial charge in [-0.1, -0.05) is 17.7 Å². The van der Waals surface area contributed by atoms with Gasteiger partial charge in [-0.15, -0.1) is 0 Å². The summed E-state index contributed by atoms with van der Waals surface area (Å²) in [5.41, 5.74) is 0.641. The average Bonchev–Trinajstić information content (AvgIpc) is 3.06. The highest BCUT2D eigenvalue weighted by molar-refractivity contribution is 8.18. The number of carboxylic acids is 1. The summed E-state index contributed by atoms with van der Waals surface area (Å²) in [6.07, 6.45) is 1.54. The van der Waals surface area contributed by atoms with Gasteiger partial charge in [-0.3, -0.25) is 10.2 Å². The first-order valence-corrected chi connectivity index (χ1v) is 7.56. The molecule has 3 rings (SSSR count). The van der Waals surface area contributed by atoms with Crippen LogP contribution in [-0.2, 0) is 4.79 Å². The molecule has 23 heavy (non-hydrogen) atoms. The Kier molecular flexibility index (Phi) is 3.97. The molecule has 1 saturated heterocycles. The predicted octanol–water partition coefficient (Wildman–Crippen LogP) is 3.44. The van der Waals surface area contributed by atoms with Crippen molar-refractivity contribution in [3.63, 3.8) is 0 Å². The minimum Gasteiger partial charge on any atom is -0.478 e. The Hall–Kier alpha value is -2.51. The van der Waals surface area contributed by atoms with Crippen LogP contribution in [0.15, 0.2) is 39.7 Å². The minimum atomic E-state index is -1.10. The lowest BCUT2D eigenvalue weighted by molar-refractivity contribution is -0.115. The highest BCUT2D eigenvalue weighted by Gasteiger charge is 2.22. The Morgan fingerprint density at radius 2 is 2.13 bits per heavy atom. The molecule has 3 N–H and O–H groups in total. The number of benzene rings is 1. The van der Waals surface area contributed by atoms with Gasteiger partial charge in [0.15, 0.2) is 5.17 Å². The summed E-state index contributed by atoms with van der Waals surface area (Å²) in [5, 5.41) is 18.9. The van der Waals surface area contributed by atoms with Crippen molar-refractivity contribution >= 4 is 46.5 Å². The molecule has 0 radical (unpaired) electrons. The van der Waals surface area contributed by atoms with Gasteiger partial charge in [0.2, 0.25) is 0 Å². The zero-order valence-corrected chi connectivity index (χ0v) is 13.0. The van der Waals surface area contributed by atoms with Crippen molar-refractivity contribution in [2.75, 3.05) is 0 Å². The highest BCUT2D eigenvalue weighted by Crippen LogP contribution is 2.30. The van der Waals surface area contributed by atoms with Crippen molar-refractivity contribution in [1.82, 2.24) is 5.32 Å². The Labute approximate surface area is 139 Å². The molecule has 2 heterocycles. The van der Waals surface area contributed by atoms with Crippen LogP contribution in [-0.4, -0.2) is 22.2 Å². The molecule has 1 aromatic heterocycles. The average molecular weight is 349 g/mol. The zero-order valence-electron chi connectivity index (χ0n) is 11.4.